The Morgan fingerprint density at radius 3 is 2.11 bits per heavy atom. The number of hydrogen-bond donors (Lipinski definition) is 6. The third-order valence-corrected chi connectivity index (χ3v) is 3.91. The van der Waals surface area contributed by atoms with Crippen LogP contribution in [0.1, 0.15) is 19.4 Å². The van der Waals surface area contributed by atoms with Gasteiger partial charge in [0.05, 0.1) is 12.6 Å². The van der Waals surface area contributed by atoms with E-state index in [1.807, 2.05) is 0 Å². The molecule has 0 fully saturated rings. The van der Waals surface area contributed by atoms with E-state index in [9.17, 15) is 24.3 Å². The lowest BCUT2D eigenvalue weighted by Gasteiger charge is -2.25. The van der Waals surface area contributed by atoms with E-state index in [-0.39, 0.29) is 13.0 Å². The van der Waals surface area contributed by atoms with Crippen molar-refractivity contribution in [3.05, 3.63) is 35.9 Å². The quantitative estimate of drug-likeness (QED) is 0.270. The van der Waals surface area contributed by atoms with Crippen molar-refractivity contribution in [3.63, 3.8) is 0 Å². The van der Waals surface area contributed by atoms with Gasteiger partial charge >= 0.3 is 5.97 Å². The summed E-state index contributed by atoms with van der Waals surface area (Å²) >= 11 is 0. The van der Waals surface area contributed by atoms with Gasteiger partial charge in [0, 0.05) is 6.42 Å². The van der Waals surface area contributed by atoms with Crippen molar-refractivity contribution in [1.29, 1.82) is 0 Å². The molecule has 3 amide bonds. The minimum atomic E-state index is -1.32. The molecule has 0 saturated heterocycles. The van der Waals surface area contributed by atoms with Crippen molar-refractivity contribution >= 4 is 23.7 Å². The lowest BCUT2D eigenvalue weighted by Crippen LogP contribution is -2.59. The summed E-state index contributed by atoms with van der Waals surface area (Å²) in [6.45, 7) is 2.22. The van der Waals surface area contributed by atoms with Crippen LogP contribution >= 0.6 is 0 Å². The lowest BCUT2D eigenvalue weighted by molar-refractivity contribution is -0.141. The first-order valence-electron chi connectivity index (χ1n) is 8.70. The Balaban J connectivity index is 2.99. The van der Waals surface area contributed by atoms with Crippen LogP contribution in [-0.4, -0.2) is 64.7 Å². The molecule has 0 radical (unpaired) electrons. The monoisotopic (exact) mass is 394 g/mol. The molecule has 0 aromatic heterocycles. The molecule has 10 nitrogen and oxygen atoms in total. The normalized spacial score (nSPS) is 14.9. The predicted molar refractivity (Wildman–Crippen MR) is 100.0 cm³/mol. The van der Waals surface area contributed by atoms with Crippen molar-refractivity contribution in [3.8, 4) is 0 Å². The van der Waals surface area contributed by atoms with Crippen LogP contribution < -0.4 is 21.7 Å². The molecule has 1 rings (SSSR count). The molecule has 154 valence electrons. The summed E-state index contributed by atoms with van der Waals surface area (Å²) in [7, 11) is 0. The van der Waals surface area contributed by atoms with E-state index in [1.165, 1.54) is 13.8 Å². The van der Waals surface area contributed by atoms with Gasteiger partial charge in [-0.1, -0.05) is 30.3 Å². The first-order valence-corrected chi connectivity index (χ1v) is 8.70. The van der Waals surface area contributed by atoms with E-state index in [0.717, 1.165) is 5.56 Å². The Morgan fingerprint density at radius 2 is 1.61 bits per heavy atom. The SMILES string of the molecule is CC(NC(=O)C(Cc1ccccc1)NC(=O)C(NC(=O)CN)C(C)O)C(=O)O. The first kappa shape index (κ1) is 23.1. The Morgan fingerprint density at radius 1 is 1.00 bits per heavy atom. The Bertz CT molecular complexity index is 695. The van der Waals surface area contributed by atoms with Crippen molar-refractivity contribution < 1.29 is 29.4 Å². The van der Waals surface area contributed by atoms with Crippen LogP contribution in [0.5, 0.6) is 0 Å². The molecule has 0 heterocycles. The number of carbonyl (C=O) groups excluding carboxylic acids is 3. The minimum absolute atomic E-state index is 0.0854. The number of hydrogen-bond acceptors (Lipinski definition) is 6. The van der Waals surface area contributed by atoms with Crippen LogP contribution in [0.2, 0.25) is 0 Å². The van der Waals surface area contributed by atoms with Crippen LogP contribution in [0.15, 0.2) is 30.3 Å². The van der Waals surface area contributed by atoms with E-state index in [4.69, 9.17) is 10.8 Å². The van der Waals surface area contributed by atoms with E-state index >= 15 is 0 Å². The second kappa shape index (κ2) is 11.0. The molecule has 0 aliphatic rings. The fourth-order valence-electron chi connectivity index (χ4n) is 2.33. The topological polar surface area (TPSA) is 171 Å². The molecule has 0 saturated carbocycles. The van der Waals surface area contributed by atoms with Gasteiger partial charge in [0.25, 0.3) is 0 Å². The Hall–Kier alpha value is -2.98. The zero-order valence-corrected chi connectivity index (χ0v) is 15.7. The van der Waals surface area contributed by atoms with Crippen LogP contribution in [-0.2, 0) is 25.6 Å². The zero-order valence-electron chi connectivity index (χ0n) is 15.7. The zero-order chi connectivity index (χ0) is 21.3. The highest BCUT2D eigenvalue weighted by Gasteiger charge is 2.30. The molecule has 7 N–H and O–H groups in total. The molecule has 0 aliphatic heterocycles. The fraction of sp³-hybridized carbons (Fsp3) is 0.444. The number of rotatable bonds is 10. The molecule has 1 aromatic carbocycles. The largest absolute Gasteiger partial charge is 0.480 e. The summed E-state index contributed by atoms with van der Waals surface area (Å²) in [6, 6.07) is 5.19. The van der Waals surface area contributed by atoms with Gasteiger partial charge in [-0.3, -0.25) is 19.2 Å². The van der Waals surface area contributed by atoms with Gasteiger partial charge in [-0.15, -0.1) is 0 Å². The maximum absolute atomic E-state index is 12.5. The molecule has 0 bridgehead atoms. The maximum Gasteiger partial charge on any atom is 0.325 e. The number of amides is 3. The summed E-state index contributed by atoms with van der Waals surface area (Å²) in [5, 5.41) is 25.8. The third-order valence-electron chi connectivity index (χ3n) is 3.91. The third kappa shape index (κ3) is 7.33. The van der Waals surface area contributed by atoms with E-state index in [1.54, 1.807) is 30.3 Å². The smallest absolute Gasteiger partial charge is 0.325 e. The van der Waals surface area contributed by atoms with Gasteiger partial charge in [0.2, 0.25) is 17.7 Å². The molecule has 4 unspecified atom stereocenters. The van der Waals surface area contributed by atoms with Gasteiger partial charge in [0.1, 0.15) is 18.1 Å². The number of aliphatic hydroxyl groups excluding tert-OH is 1. The number of nitrogens with one attached hydrogen (secondary N) is 3. The average molecular weight is 394 g/mol. The van der Waals surface area contributed by atoms with Gasteiger partial charge in [-0.05, 0) is 19.4 Å². The fourth-order valence-corrected chi connectivity index (χ4v) is 2.33. The highest BCUT2D eigenvalue weighted by atomic mass is 16.4. The van der Waals surface area contributed by atoms with Crippen LogP contribution in [0.4, 0.5) is 0 Å². The Kier molecular flexibility index (Phi) is 9.06. The molecular formula is C18H26N4O6. The number of carboxylic acids is 1. The molecule has 28 heavy (non-hydrogen) atoms. The van der Waals surface area contributed by atoms with E-state index < -0.39 is 47.9 Å². The molecule has 10 heteroatoms. The number of aliphatic carboxylic acids is 1. The standard InChI is InChI=1S/C18H26N4O6/c1-10(18(27)28)20-16(25)13(8-12-6-4-3-5-7-12)21-17(26)15(11(2)23)22-14(24)9-19/h3-7,10-11,13,15,23H,8-9,19H2,1-2H3,(H,20,25)(H,21,26)(H,22,24)(H,27,28). The van der Waals surface area contributed by atoms with E-state index in [2.05, 4.69) is 16.0 Å². The highest BCUT2D eigenvalue weighted by molar-refractivity contribution is 5.94. The van der Waals surface area contributed by atoms with E-state index in [0.29, 0.717) is 0 Å². The molecule has 0 aliphatic carbocycles. The second-order valence-corrected chi connectivity index (χ2v) is 6.31. The molecule has 0 spiro atoms. The van der Waals surface area contributed by atoms with Gasteiger partial charge in [0.15, 0.2) is 0 Å². The van der Waals surface area contributed by atoms with Crippen molar-refractivity contribution in [2.24, 2.45) is 5.73 Å². The molecule has 4 atom stereocenters. The van der Waals surface area contributed by atoms with Gasteiger partial charge < -0.3 is 31.9 Å². The van der Waals surface area contributed by atoms with Crippen molar-refractivity contribution in [2.45, 2.75) is 44.5 Å². The summed E-state index contributed by atoms with van der Waals surface area (Å²) in [6.07, 6.45) is -1.16. The summed E-state index contributed by atoms with van der Waals surface area (Å²) in [4.78, 5) is 47.5. The second-order valence-electron chi connectivity index (χ2n) is 6.31. The minimum Gasteiger partial charge on any atom is -0.480 e. The van der Waals surface area contributed by atoms with Gasteiger partial charge in [-0.2, -0.15) is 0 Å². The van der Waals surface area contributed by atoms with Crippen LogP contribution in [0.25, 0.3) is 0 Å². The number of aliphatic hydroxyl groups is 1. The van der Waals surface area contributed by atoms with Gasteiger partial charge in [-0.25, -0.2) is 0 Å². The number of carboxylic acid groups (broad SMARTS) is 1. The lowest BCUT2D eigenvalue weighted by atomic mass is 10.0. The summed E-state index contributed by atoms with van der Waals surface area (Å²) in [5.41, 5.74) is 5.94. The van der Waals surface area contributed by atoms with Crippen molar-refractivity contribution in [1.82, 2.24) is 16.0 Å². The number of carbonyl (C=O) groups is 4. The van der Waals surface area contributed by atoms with Crippen molar-refractivity contribution in [2.75, 3.05) is 6.54 Å². The van der Waals surface area contributed by atoms with Crippen LogP contribution in [0, 0.1) is 0 Å². The summed E-state index contributed by atoms with van der Waals surface area (Å²) < 4.78 is 0. The number of nitrogens with two attached hydrogens (primary N) is 1. The maximum atomic E-state index is 12.5. The molecular weight excluding hydrogens is 368 g/mol. The first-order chi connectivity index (χ1) is 13.1. The highest BCUT2D eigenvalue weighted by Crippen LogP contribution is 2.05. The number of benzene rings is 1. The predicted octanol–water partition coefficient (Wildman–Crippen LogP) is -1.87. The Labute approximate surface area is 162 Å². The average Bonchev–Trinajstić information content (AvgIpc) is 2.65. The van der Waals surface area contributed by atoms with Crippen LogP contribution in [0.3, 0.4) is 0 Å². The summed E-state index contributed by atoms with van der Waals surface area (Å²) in [5.74, 6) is -3.38. The molecule has 1 aromatic rings.